The number of carbonyl (C=O) groups excluding carboxylic acids is 1. The van der Waals surface area contributed by atoms with Crippen molar-refractivity contribution in [2.75, 3.05) is 0 Å². The molecule has 136 valence electrons. The molecule has 1 aromatic carbocycles. The number of pyridine rings is 2. The van der Waals surface area contributed by atoms with E-state index in [4.69, 9.17) is 9.47 Å². The lowest BCUT2D eigenvalue weighted by atomic mass is 9.87. The van der Waals surface area contributed by atoms with Crippen LogP contribution in [0.3, 0.4) is 0 Å². The van der Waals surface area contributed by atoms with Crippen molar-refractivity contribution in [3.8, 4) is 11.5 Å². The van der Waals surface area contributed by atoms with Gasteiger partial charge < -0.3 is 14.5 Å². The fourth-order valence-electron chi connectivity index (χ4n) is 3.27. The monoisotopic (exact) mass is 362 g/mol. The predicted molar refractivity (Wildman–Crippen MR) is 98.9 cm³/mol. The summed E-state index contributed by atoms with van der Waals surface area (Å²) >= 11 is 0. The van der Waals surface area contributed by atoms with Crippen LogP contribution in [0.1, 0.15) is 34.7 Å². The SMILES string of the molecule is Cc1cc2c(c(=O)[nH]1)[C@@H](c1cccc(OCc3cccnc3)c1)CC(=O)O2. The summed E-state index contributed by atoms with van der Waals surface area (Å²) in [6.07, 6.45) is 3.58. The third kappa shape index (κ3) is 3.60. The number of aryl methyl sites for hydroxylation is 1. The normalized spacial score (nSPS) is 15.7. The van der Waals surface area contributed by atoms with Crippen LogP contribution in [0.25, 0.3) is 0 Å². The van der Waals surface area contributed by atoms with E-state index >= 15 is 0 Å². The molecule has 0 amide bonds. The van der Waals surface area contributed by atoms with Crippen molar-refractivity contribution in [2.24, 2.45) is 0 Å². The highest BCUT2D eigenvalue weighted by atomic mass is 16.5. The molecular formula is C21H18N2O4. The van der Waals surface area contributed by atoms with Gasteiger partial charge in [-0.2, -0.15) is 0 Å². The average molecular weight is 362 g/mol. The van der Waals surface area contributed by atoms with Gasteiger partial charge in [-0.25, -0.2) is 0 Å². The Morgan fingerprint density at radius 2 is 2.11 bits per heavy atom. The molecule has 2 aromatic heterocycles. The summed E-state index contributed by atoms with van der Waals surface area (Å²) in [6, 6.07) is 12.9. The number of ether oxygens (including phenoxy) is 2. The minimum Gasteiger partial charge on any atom is -0.489 e. The third-order valence-electron chi connectivity index (χ3n) is 4.50. The first-order valence-corrected chi connectivity index (χ1v) is 8.66. The first-order chi connectivity index (χ1) is 13.1. The second kappa shape index (κ2) is 7.07. The fraction of sp³-hybridized carbons (Fsp3) is 0.190. The second-order valence-corrected chi connectivity index (χ2v) is 6.51. The van der Waals surface area contributed by atoms with Crippen molar-refractivity contribution in [1.82, 2.24) is 9.97 Å². The van der Waals surface area contributed by atoms with Gasteiger partial charge in [0.25, 0.3) is 5.56 Å². The Labute approximate surface area is 155 Å². The second-order valence-electron chi connectivity index (χ2n) is 6.51. The quantitative estimate of drug-likeness (QED) is 0.721. The summed E-state index contributed by atoms with van der Waals surface area (Å²) in [5.74, 6) is 0.284. The highest BCUT2D eigenvalue weighted by molar-refractivity contribution is 5.77. The van der Waals surface area contributed by atoms with E-state index in [9.17, 15) is 9.59 Å². The summed E-state index contributed by atoms with van der Waals surface area (Å²) in [7, 11) is 0. The van der Waals surface area contributed by atoms with Crippen LogP contribution in [0.4, 0.5) is 0 Å². The first-order valence-electron chi connectivity index (χ1n) is 8.66. The number of aromatic amines is 1. The van der Waals surface area contributed by atoms with Crippen LogP contribution < -0.4 is 15.0 Å². The topological polar surface area (TPSA) is 81.3 Å². The van der Waals surface area contributed by atoms with Gasteiger partial charge in [0.2, 0.25) is 0 Å². The zero-order valence-corrected chi connectivity index (χ0v) is 14.8. The first kappa shape index (κ1) is 17.0. The lowest BCUT2D eigenvalue weighted by Gasteiger charge is -2.24. The molecule has 0 saturated heterocycles. The Hall–Kier alpha value is -3.41. The summed E-state index contributed by atoms with van der Waals surface area (Å²) < 4.78 is 11.1. The Morgan fingerprint density at radius 1 is 1.22 bits per heavy atom. The number of carbonyl (C=O) groups is 1. The number of H-pyrrole nitrogens is 1. The molecule has 0 bridgehead atoms. The predicted octanol–water partition coefficient (Wildman–Crippen LogP) is 3.10. The third-order valence-corrected chi connectivity index (χ3v) is 4.50. The molecule has 1 aliphatic heterocycles. The van der Waals surface area contributed by atoms with Crippen LogP contribution in [0.5, 0.6) is 11.5 Å². The number of nitrogens with zero attached hydrogens (tertiary/aromatic N) is 1. The van der Waals surface area contributed by atoms with Crippen LogP contribution in [-0.2, 0) is 11.4 Å². The average Bonchev–Trinajstić information content (AvgIpc) is 2.66. The molecule has 1 atom stereocenters. The van der Waals surface area contributed by atoms with Gasteiger partial charge >= 0.3 is 5.97 Å². The molecule has 4 rings (SSSR count). The highest BCUT2D eigenvalue weighted by Crippen LogP contribution is 2.37. The molecule has 0 saturated carbocycles. The molecule has 6 heteroatoms. The van der Waals surface area contributed by atoms with E-state index in [0.29, 0.717) is 29.4 Å². The van der Waals surface area contributed by atoms with Crippen molar-refractivity contribution in [3.63, 3.8) is 0 Å². The zero-order valence-electron chi connectivity index (χ0n) is 14.8. The van der Waals surface area contributed by atoms with Crippen LogP contribution in [0.2, 0.25) is 0 Å². The molecule has 3 heterocycles. The van der Waals surface area contributed by atoms with Crippen LogP contribution in [0, 0.1) is 6.92 Å². The van der Waals surface area contributed by atoms with E-state index in [0.717, 1.165) is 11.1 Å². The van der Waals surface area contributed by atoms with Gasteiger partial charge in [-0.3, -0.25) is 14.6 Å². The van der Waals surface area contributed by atoms with E-state index in [2.05, 4.69) is 9.97 Å². The minimum absolute atomic E-state index is 0.116. The molecule has 0 aliphatic carbocycles. The maximum absolute atomic E-state index is 12.5. The number of benzene rings is 1. The number of fused-ring (bicyclic) bond motifs is 1. The van der Waals surface area contributed by atoms with Crippen LogP contribution >= 0.6 is 0 Å². The molecule has 3 aromatic rings. The summed E-state index contributed by atoms with van der Waals surface area (Å²) in [4.78, 5) is 31.4. The number of hydrogen-bond donors (Lipinski definition) is 1. The lowest BCUT2D eigenvalue weighted by Crippen LogP contribution is -2.28. The van der Waals surface area contributed by atoms with E-state index in [1.54, 1.807) is 25.4 Å². The number of aromatic nitrogens is 2. The summed E-state index contributed by atoms with van der Waals surface area (Å²) in [5.41, 5.74) is 2.70. The van der Waals surface area contributed by atoms with Crippen LogP contribution in [0.15, 0.2) is 59.7 Å². The standard InChI is InChI=1S/C21H18N2O4/c1-13-8-18-20(21(25)23-13)17(10-19(24)27-18)15-5-2-6-16(9-15)26-12-14-4-3-7-22-11-14/h2-9,11,17H,10,12H2,1H3,(H,23,25)/t17-/m1/s1. The van der Waals surface area contributed by atoms with Gasteiger partial charge in [-0.15, -0.1) is 0 Å². The number of rotatable bonds is 4. The number of esters is 1. The van der Waals surface area contributed by atoms with E-state index in [-0.39, 0.29) is 23.9 Å². The molecule has 1 N–H and O–H groups in total. The Morgan fingerprint density at radius 3 is 2.93 bits per heavy atom. The molecule has 0 fully saturated rings. The summed E-state index contributed by atoms with van der Waals surface area (Å²) in [5, 5.41) is 0. The van der Waals surface area contributed by atoms with E-state index in [1.165, 1.54) is 0 Å². The number of hydrogen-bond acceptors (Lipinski definition) is 5. The molecule has 0 radical (unpaired) electrons. The van der Waals surface area contributed by atoms with Crippen molar-refractivity contribution < 1.29 is 14.3 Å². The molecule has 0 spiro atoms. The molecule has 1 aliphatic rings. The van der Waals surface area contributed by atoms with Crippen molar-refractivity contribution in [1.29, 1.82) is 0 Å². The van der Waals surface area contributed by atoms with Crippen LogP contribution in [-0.4, -0.2) is 15.9 Å². The molecule has 0 unspecified atom stereocenters. The largest absolute Gasteiger partial charge is 0.489 e. The maximum Gasteiger partial charge on any atom is 0.312 e. The molecular weight excluding hydrogens is 344 g/mol. The Bertz CT molecular complexity index is 1040. The van der Waals surface area contributed by atoms with Crippen molar-refractivity contribution >= 4 is 5.97 Å². The van der Waals surface area contributed by atoms with E-state index < -0.39 is 0 Å². The van der Waals surface area contributed by atoms with E-state index in [1.807, 2.05) is 36.4 Å². The van der Waals surface area contributed by atoms with Gasteiger partial charge in [-0.1, -0.05) is 18.2 Å². The van der Waals surface area contributed by atoms with Gasteiger partial charge in [0.1, 0.15) is 18.1 Å². The minimum atomic E-state index is -0.368. The summed E-state index contributed by atoms with van der Waals surface area (Å²) in [6.45, 7) is 2.15. The van der Waals surface area contributed by atoms with Crippen molar-refractivity contribution in [3.05, 3.63) is 87.6 Å². The molecule has 6 nitrogen and oxygen atoms in total. The fourth-order valence-corrected chi connectivity index (χ4v) is 3.27. The van der Waals surface area contributed by atoms with Gasteiger partial charge in [0, 0.05) is 35.6 Å². The lowest BCUT2D eigenvalue weighted by molar-refractivity contribution is -0.135. The Kier molecular flexibility index (Phi) is 4.46. The zero-order chi connectivity index (χ0) is 18.8. The van der Waals surface area contributed by atoms with Gasteiger partial charge in [-0.05, 0) is 30.7 Å². The maximum atomic E-state index is 12.5. The highest BCUT2D eigenvalue weighted by Gasteiger charge is 2.31. The van der Waals surface area contributed by atoms with Gasteiger partial charge in [0.05, 0.1) is 12.0 Å². The smallest absolute Gasteiger partial charge is 0.312 e. The van der Waals surface area contributed by atoms with Crippen molar-refractivity contribution in [2.45, 2.75) is 25.9 Å². The Balaban J connectivity index is 1.64. The number of nitrogens with one attached hydrogen (secondary N) is 1. The van der Waals surface area contributed by atoms with Gasteiger partial charge in [0.15, 0.2) is 0 Å². The molecule has 27 heavy (non-hydrogen) atoms.